The van der Waals surface area contributed by atoms with Crippen molar-refractivity contribution in [2.24, 2.45) is 0 Å². The van der Waals surface area contributed by atoms with E-state index in [1.807, 2.05) is 25.7 Å². The summed E-state index contributed by atoms with van der Waals surface area (Å²) in [5, 5.41) is 0. The molecule has 0 unspecified atom stereocenters. The number of hydrogen-bond acceptors (Lipinski definition) is 1. The van der Waals surface area contributed by atoms with Gasteiger partial charge in [0.25, 0.3) is 0 Å². The Bertz CT molecular complexity index is 125. The summed E-state index contributed by atoms with van der Waals surface area (Å²) >= 11 is 0. The largest absolute Gasteiger partial charge is 0.348 e. The number of nitrogens with zero attached hydrogens (tertiary/aromatic N) is 1. The zero-order valence-electron chi connectivity index (χ0n) is 6.16. The molecule has 0 heterocycles. The maximum absolute atomic E-state index is 11.1. The Kier molecular flexibility index (Phi) is 2.30. The van der Waals surface area contributed by atoms with Crippen molar-refractivity contribution >= 4 is 5.91 Å². The van der Waals surface area contributed by atoms with Crippen LogP contribution in [0.25, 0.3) is 0 Å². The van der Waals surface area contributed by atoms with E-state index in [9.17, 15) is 4.79 Å². The normalized spacial score (nSPS) is 19.4. The van der Waals surface area contributed by atoms with Crippen LogP contribution in [-0.2, 0) is 4.79 Å². The topological polar surface area (TPSA) is 20.3 Å². The van der Waals surface area contributed by atoms with Crippen molar-refractivity contribution in [3.63, 3.8) is 0 Å². The summed E-state index contributed by atoms with van der Waals surface area (Å²) in [6.45, 7) is 0. The summed E-state index contributed by atoms with van der Waals surface area (Å²) in [5.74, 6) is 0.815. The van der Waals surface area contributed by atoms with Crippen LogP contribution in [0.5, 0.6) is 0 Å². The lowest BCUT2D eigenvalue weighted by Crippen LogP contribution is -2.27. The Hall–Kier alpha value is -0.530. The van der Waals surface area contributed by atoms with Crippen LogP contribution in [0, 0.1) is 31.6 Å². The monoisotopic (exact) mass is 136 g/mol. The Morgan fingerprint density at radius 3 is 2.20 bits per heavy atom. The summed E-state index contributed by atoms with van der Waals surface area (Å²) in [6, 6.07) is 0. The fourth-order valence-electron chi connectivity index (χ4n) is 0.775. The van der Waals surface area contributed by atoms with Crippen molar-refractivity contribution < 1.29 is 4.79 Å². The van der Waals surface area contributed by atoms with Gasteiger partial charge in [-0.2, -0.15) is 0 Å². The fraction of sp³-hybridized carbons (Fsp3) is 0.250. The molecule has 1 amide bonds. The van der Waals surface area contributed by atoms with Crippen molar-refractivity contribution in [3.05, 3.63) is 31.6 Å². The SMILES string of the molecule is CN(C)C(=O)[C]1[CH][CH][CH][CH]1. The number of amides is 1. The summed E-state index contributed by atoms with van der Waals surface area (Å²) in [7, 11) is 3.49. The molecule has 0 aromatic carbocycles. The van der Waals surface area contributed by atoms with E-state index in [0.29, 0.717) is 0 Å². The standard InChI is InChI=1S/C8H10NO/c1-9(2)8(10)7-5-3-4-6-7/h3-6H,1-2H3. The molecule has 0 N–H and O–H groups in total. The van der Waals surface area contributed by atoms with Crippen molar-refractivity contribution in [1.82, 2.24) is 4.90 Å². The van der Waals surface area contributed by atoms with Crippen LogP contribution >= 0.6 is 0 Å². The Morgan fingerprint density at radius 1 is 1.30 bits per heavy atom. The molecule has 10 heavy (non-hydrogen) atoms. The molecule has 1 aliphatic rings. The van der Waals surface area contributed by atoms with Crippen LogP contribution in [0.2, 0.25) is 0 Å². The van der Waals surface area contributed by atoms with E-state index < -0.39 is 0 Å². The van der Waals surface area contributed by atoms with Crippen molar-refractivity contribution in [1.29, 1.82) is 0 Å². The lowest BCUT2D eigenvalue weighted by Gasteiger charge is -2.13. The second-order valence-corrected chi connectivity index (χ2v) is 2.37. The van der Waals surface area contributed by atoms with Gasteiger partial charge in [0.1, 0.15) is 0 Å². The number of hydrogen-bond donors (Lipinski definition) is 0. The van der Waals surface area contributed by atoms with Gasteiger partial charge in [-0.1, -0.05) is 0 Å². The first-order valence-corrected chi connectivity index (χ1v) is 3.15. The molecule has 1 fully saturated rings. The van der Waals surface area contributed by atoms with Crippen molar-refractivity contribution in [3.8, 4) is 0 Å². The summed E-state index contributed by atoms with van der Waals surface area (Å²) < 4.78 is 0. The summed E-state index contributed by atoms with van der Waals surface area (Å²) in [6.07, 6.45) is 7.33. The number of carbonyl (C=O) groups is 1. The Morgan fingerprint density at radius 2 is 1.80 bits per heavy atom. The lowest BCUT2D eigenvalue weighted by atomic mass is 10.1. The third-order valence-corrected chi connectivity index (χ3v) is 1.32. The average Bonchev–Trinajstić information content (AvgIpc) is 2.36. The van der Waals surface area contributed by atoms with E-state index >= 15 is 0 Å². The molecule has 5 radical (unpaired) electrons. The highest BCUT2D eigenvalue weighted by molar-refractivity contribution is 5.95. The molecule has 0 aromatic heterocycles. The zero-order valence-corrected chi connectivity index (χ0v) is 6.16. The molecule has 0 saturated heterocycles. The minimum Gasteiger partial charge on any atom is -0.348 e. The van der Waals surface area contributed by atoms with Gasteiger partial charge in [0, 0.05) is 14.1 Å². The Labute approximate surface area is 62.2 Å². The zero-order chi connectivity index (χ0) is 7.56. The number of rotatable bonds is 1. The van der Waals surface area contributed by atoms with E-state index in [0.717, 1.165) is 5.92 Å². The first kappa shape index (κ1) is 7.58. The molecule has 0 aliphatic heterocycles. The van der Waals surface area contributed by atoms with Gasteiger partial charge in [0.05, 0.1) is 5.92 Å². The highest BCUT2D eigenvalue weighted by Gasteiger charge is 2.25. The van der Waals surface area contributed by atoms with Gasteiger partial charge >= 0.3 is 0 Å². The second kappa shape index (κ2) is 3.04. The molecule has 53 valence electrons. The molecule has 0 aromatic rings. The van der Waals surface area contributed by atoms with Crippen molar-refractivity contribution in [2.75, 3.05) is 14.1 Å². The van der Waals surface area contributed by atoms with E-state index in [1.165, 1.54) is 0 Å². The summed E-state index contributed by atoms with van der Waals surface area (Å²) in [4.78, 5) is 12.7. The second-order valence-electron chi connectivity index (χ2n) is 2.37. The maximum atomic E-state index is 11.1. The van der Waals surface area contributed by atoms with Crippen LogP contribution in [0.1, 0.15) is 0 Å². The molecular weight excluding hydrogens is 126 g/mol. The minimum absolute atomic E-state index is 0.0602. The van der Waals surface area contributed by atoms with Gasteiger partial charge in [-0.25, -0.2) is 0 Å². The molecule has 2 nitrogen and oxygen atoms in total. The Balaban J connectivity index is 2.40. The first-order chi connectivity index (χ1) is 4.72. The van der Waals surface area contributed by atoms with Gasteiger partial charge in [0.15, 0.2) is 0 Å². The number of carbonyl (C=O) groups excluding carboxylic acids is 1. The molecule has 1 saturated carbocycles. The molecular formula is C8H10NO. The third-order valence-electron chi connectivity index (χ3n) is 1.32. The van der Waals surface area contributed by atoms with Gasteiger partial charge in [-0.05, 0) is 25.7 Å². The van der Waals surface area contributed by atoms with Gasteiger partial charge in [-0.3, -0.25) is 4.79 Å². The van der Waals surface area contributed by atoms with Crippen molar-refractivity contribution in [2.45, 2.75) is 0 Å². The molecule has 2 heteroatoms. The van der Waals surface area contributed by atoms with Gasteiger partial charge in [-0.15, -0.1) is 0 Å². The first-order valence-electron chi connectivity index (χ1n) is 3.15. The van der Waals surface area contributed by atoms with E-state index in [-0.39, 0.29) is 5.91 Å². The van der Waals surface area contributed by atoms with E-state index in [4.69, 9.17) is 0 Å². The van der Waals surface area contributed by atoms with Gasteiger partial charge in [0.2, 0.25) is 5.91 Å². The predicted octanol–water partition coefficient (Wildman–Crippen LogP) is 0.480. The van der Waals surface area contributed by atoms with E-state index in [1.54, 1.807) is 19.0 Å². The molecule has 0 spiro atoms. The highest BCUT2D eigenvalue weighted by Crippen LogP contribution is 2.23. The maximum Gasteiger partial charge on any atom is 0.229 e. The predicted molar refractivity (Wildman–Crippen MR) is 39.1 cm³/mol. The molecule has 1 rings (SSSR count). The smallest absolute Gasteiger partial charge is 0.229 e. The quantitative estimate of drug-likeness (QED) is 0.513. The molecule has 0 atom stereocenters. The third kappa shape index (κ3) is 1.49. The fourth-order valence-corrected chi connectivity index (χ4v) is 0.775. The van der Waals surface area contributed by atoms with Crippen LogP contribution in [-0.4, -0.2) is 24.9 Å². The van der Waals surface area contributed by atoms with Gasteiger partial charge < -0.3 is 4.90 Å². The van der Waals surface area contributed by atoms with Crippen LogP contribution < -0.4 is 0 Å². The average molecular weight is 136 g/mol. The molecule has 1 aliphatic carbocycles. The van der Waals surface area contributed by atoms with Crippen LogP contribution in [0.15, 0.2) is 0 Å². The summed E-state index contributed by atoms with van der Waals surface area (Å²) in [5.41, 5.74) is 0. The van der Waals surface area contributed by atoms with E-state index in [2.05, 4.69) is 0 Å². The molecule has 0 bridgehead atoms. The van der Waals surface area contributed by atoms with Crippen LogP contribution in [0.3, 0.4) is 0 Å². The van der Waals surface area contributed by atoms with Crippen LogP contribution in [0.4, 0.5) is 0 Å². The highest BCUT2D eigenvalue weighted by atomic mass is 16.2. The minimum atomic E-state index is 0.0602. The lowest BCUT2D eigenvalue weighted by molar-refractivity contribution is -0.125.